The summed E-state index contributed by atoms with van der Waals surface area (Å²) in [6, 6.07) is 10.3. The highest BCUT2D eigenvalue weighted by atomic mass is 16.5. The molecule has 0 aromatic heterocycles. The number of carbonyl (C=O) groups is 2. The first-order chi connectivity index (χ1) is 11.9. The molecule has 0 saturated heterocycles. The van der Waals surface area contributed by atoms with Crippen LogP contribution in [0.25, 0.3) is 0 Å². The van der Waals surface area contributed by atoms with Crippen LogP contribution in [0.15, 0.2) is 36.4 Å². The second-order valence-electron chi connectivity index (χ2n) is 5.78. The Balaban J connectivity index is 2.18. The first-order valence-electron chi connectivity index (χ1n) is 7.91. The van der Waals surface area contributed by atoms with E-state index in [0.717, 1.165) is 11.1 Å². The molecule has 0 heterocycles. The quantitative estimate of drug-likeness (QED) is 0.591. The first-order valence-corrected chi connectivity index (χ1v) is 7.91. The average Bonchev–Trinajstić information content (AvgIpc) is 2.61. The minimum absolute atomic E-state index is 0.251. The molecule has 5 heteroatoms. The number of ether oxygens (including phenoxy) is 3. The Labute approximate surface area is 147 Å². The fourth-order valence-corrected chi connectivity index (χ4v) is 2.44. The van der Waals surface area contributed by atoms with Crippen LogP contribution in [0.5, 0.6) is 11.5 Å². The monoisotopic (exact) mass is 342 g/mol. The van der Waals surface area contributed by atoms with Crippen LogP contribution in [0.4, 0.5) is 0 Å². The zero-order valence-electron chi connectivity index (χ0n) is 15.1. The van der Waals surface area contributed by atoms with Crippen molar-refractivity contribution in [1.29, 1.82) is 0 Å². The molecule has 2 aromatic rings. The van der Waals surface area contributed by atoms with Crippen molar-refractivity contribution >= 4 is 11.8 Å². The van der Waals surface area contributed by atoms with Crippen LogP contribution in [0.3, 0.4) is 0 Å². The molecule has 5 nitrogen and oxygen atoms in total. The van der Waals surface area contributed by atoms with Crippen molar-refractivity contribution < 1.29 is 23.8 Å². The molecule has 0 aliphatic carbocycles. The summed E-state index contributed by atoms with van der Waals surface area (Å²) in [5, 5.41) is 0. The summed E-state index contributed by atoms with van der Waals surface area (Å²) in [6.45, 7) is 5.33. The largest absolute Gasteiger partial charge is 0.496 e. The van der Waals surface area contributed by atoms with E-state index >= 15 is 0 Å². The van der Waals surface area contributed by atoms with Gasteiger partial charge in [0.15, 0.2) is 6.10 Å². The summed E-state index contributed by atoms with van der Waals surface area (Å²) >= 11 is 0. The third-order valence-corrected chi connectivity index (χ3v) is 3.98. The summed E-state index contributed by atoms with van der Waals surface area (Å²) in [4.78, 5) is 24.8. The maximum Gasteiger partial charge on any atom is 0.339 e. The molecule has 2 aromatic carbocycles. The molecule has 0 N–H and O–H groups in total. The van der Waals surface area contributed by atoms with E-state index < -0.39 is 12.1 Å². The van der Waals surface area contributed by atoms with Crippen LogP contribution in [0.1, 0.15) is 38.8 Å². The smallest absolute Gasteiger partial charge is 0.339 e. The maximum atomic E-state index is 12.4. The molecule has 0 radical (unpaired) electrons. The van der Waals surface area contributed by atoms with E-state index in [1.165, 1.54) is 14.2 Å². The number of ketones is 1. The van der Waals surface area contributed by atoms with Crippen molar-refractivity contribution in [2.24, 2.45) is 0 Å². The molecule has 25 heavy (non-hydrogen) atoms. The van der Waals surface area contributed by atoms with Gasteiger partial charge in [-0.2, -0.15) is 0 Å². The summed E-state index contributed by atoms with van der Waals surface area (Å²) in [5.41, 5.74) is 2.61. The fourth-order valence-electron chi connectivity index (χ4n) is 2.44. The minimum Gasteiger partial charge on any atom is -0.496 e. The Kier molecular flexibility index (Phi) is 5.80. The number of carbonyl (C=O) groups excluding carboxylic acids is 2. The molecule has 0 amide bonds. The lowest BCUT2D eigenvalue weighted by molar-refractivity contribution is 0.0318. The second kappa shape index (κ2) is 7.83. The highest BCUT2D eigenvalue weighted by Gasteiger charge is 2.22. The van der Waals surface area contributed by atoms with Crippen LogP contribution in [0.2, 0.25) is 0 Å². The van der Waals surface area contributed by atoms with Gasteiger partial charge >= 0.3 is 5.97 Å². The van der Waals surface area contributed by atoms with Gasteiger partial charge in [0.1, 0.15) is 11.5 Å². The van der Waals surface area contributed by atoms with Gasteiger partial charge in [-0.05, 0) is 32.9 Å². The standard InChI is InChI=1S/C20H22O5/c1-12-6-8-15(9-7-12)19(21)14(3)25-20(22)16-10-17(23-4)13(2)18(11-16)24-5/h6-11,14H,1-5H3. The van der Waals surface area contributed by atoms with Gasteiger partial charge in [-0.25, -0.2) is 4.79 Å². The van der Waals surface area contributed by atoms with Gasteiger partial charge in [0.25, 0.3) is 0 Å². The van der Waals surface area contributed by atoms with E-state index in [9.17, 15) is 9.59 Å². The molecule has 0 spiro atoms. The number of esters is 1. The zero-order chi connectivity index (χ0) is 18.6. The predicted molar refractivity (Wildman–Crippen MR) is 94.7 cm³/mol. The highest BCUT2D eigenvalue weighted by Crippen LogP contribution is 2.30. The van der Waals surface area contributed by atoms with Gasteiger partial charge < -0.3 is 14.2 Å². The van der Waals surface area contributed by atoms with Gasteiger partial charge in [0.2, 0.25) is 5.78 Å². The van der Waals surface area contributed by atoms with E-state index in [2.05, 4.69) is 0 Å². The molecule has 0 aliphatic rings. The number of hydrogen-bond donors (Lipinski definition) is 0. The number of Topliss-reactive ketones (excluding diaryl/α,β-unsaturated/α-hetero) is 1. The third kappa shape index (κ3) is 4.18. The Morgan fingerprint density at radius 3 is 1.88 bits per heavy atom. The van der Waals surface area contributed by atoms with Crippen LogP contribution >= 0.6 is 0 Å². The van der Waals surface area contributed by atoms with E-state index in [1.54, 1.807) is 31.2 Å². The Morgan fingerprint density at radius 2 is 1.40 bits per heavy atom. The minimum atomic E-state index is -0.895. The summed E-state index contributed by atoms with van der Waals surface area (Å²) in [6.07, 6.45) is -0.895. The van der Waals surface area contributed by atoms with E-state index in [1.807, 2.05) is 26.0 Å². The topological polar surface area (TPSA) is 61.8 Å². The molecular formula is C20H22O5. The van der Waals surface area contributed by atoms with Crippen molar-refractivity contribution in [3.8, 4) is 11.5 Å². The van der Waals surface area contributed by atoms with Gasteiger partial charge in [-0.1, -0.05) is 29.8 Å². The lowest BCUT2D eigenvalue weighted by Crippen LogP contribution is -2.24. The zero-order valence-corrected chi connectivity index (χ0v) is 15.1. The van der Waals surface area contributed by atoms with Gasteiger partial charge in [-0.3, -0.25) is 4.79 Å². The second-order valence-corrected chi connectivity index (χ2v) is 5.78. The molecule has 0 fully saturated rings. The Bertz CT molecular complexity index is 752. The molecule has 132 valence electrons. The predicted octanol–water partition coefficient (Wildman–Crippen LogP) is 3.75. The Hall–Kier alpha value is -2.82. The Morgan fingerprint density at radius 1 is 0.880 bits per heavy atom. The van der Waals surface area contributed by atoms with Crippen molar-refractivity contribution in [3.05, 3.63) is 58.7 Å². The molecule has 1 atom stereocenters. The third-order valence-electron chi connectivity index (χ3n) is 3.98. The summed E-state index contributed by atoms with van der Waals surface area (Å²) in [7, 11) is 3.03. The number of benzene rings is 2. The van der Waals surface area contributed by atoms with E-state index in [4.69, 9.17) is 14.2 Å². The van der Waals surface area contributed by atoms with Gasteiger partial charge in [0.05, 0.1) is 19.8 Å². The lowest BCUT2D eigenvalue weighted by Gasteiger charge is -2.15. The van der Waals surface area contributed by atoms with Crippen molar-refractivity contribution in [2.75, 3.05) is 14.2 Å². The molecule has 0 aliphatic heterocycles. The average molecular weight is 342 g/mol. The molecule has 1 unspecified atom stereocenters. The number of hydrogen-bond acceptors (Lipinski definition) is 5. The molecule has 0 saturated carbocycles. The maximum absolute atomic E-state index is 12.4. The molecular weight excluding hydrogens is 320 g/mol. The number of rotatable bonds is 6. The van der Waals surface area contributed by atoms with Gasteiger partial charge in [0, 0.05) is 11.1 Å². The van der Waals surface area contributed by atoms with Crippen LogP contribution in [-0.2, 0) is 4.74 Å². The lowest BCUT2D eigenvalue weighted by atomic mass is 10.1. The van der Waals surface area contributed by atoms with Crippen molar-refractivity contribution in [1.82, 2.24) is 0 Å². The van der Waals surface area contributed by atoms with Crippen LogP contribution in [-0.4, -0.2) is 32.1 Å². The van der Waals surface area contributed by atoms with Crippen molar-refractivity contribution in [3.63, 3.8) is 0 Å². The summed E-state index contributed by atoms with van der Waals surface area (Å²) in [5.74, 6) is 0.177. The molecule has 2 rings (SSSR count). The van der Waals surface area contributed by atoms with E-state index in [0.29, 0.717) is 17.1 Å². The number of aryl methyl sites for hydroxylation is 1. The normalized spacial score (nSPS) is 11.6. The summed E-state index contributed by atoms with van der Waals surface area (Å²) < 4.78 is 15.8. The van der Waals surface area contributed by atoms with E-state index in [-0.39, 0.29) is 11.3 Å². The molecule has 0 bridgehead atoms. The van der Waals surface area contributed by atoms with Crippen LogP contribution < -0.4 is 9.47 Å². The first kappa shape index (κ1) is 18.5. The SMILES string of the molecule is COc1cc(C(=O)OC(C)C(=O)c2ccc(C)cc2)cc(OC)c1C. The van der Waals surface area contributed by atoms with Gasteiger partial charge in [-0.15, -0.1) is 0 Å². The van der Waals surface area contributed by atoms with Crippen LogP contribution in [0, 0.1) is 13.8 Å². The highest BCUT2D eigenvalue weighted by molar-refractivity contribution is 6.01. The van der Waals surface area contributed by atoms with Crippen molar-refractivity contribution in [2.45, 2.75) is 26.9 Å². The number of methoxy groups -OCH3 is 2. The fraction of sp³-hybridized carbons (Fsp3) is 0.300.